The highest BCUT2D eigenvalue weighted by Gasteiger charge is 2.18. The third kappa shape index (κ3) is 2.70. The van der Waals surface area contributed by atoms with Crippen molar-refractivity contribution in [3.05, 3.63) is 58.3 Å². The molecular weight excluding hydrogens is 252 g/mol. The first-order valence-electron chi connectivity index (χ1n) is 7.26. The van der Waals surface area contributed by atoms with E-state index >= 15 is 0 Å². The fraction of sp³-hybridized carbons (Fsp3) is 0.438. The summed E-state index contributed by atoms with van der Waals surface area (Å²) in [5.74, 6) is 0. The lowest BCUT2D eigenvalue weighted by Gasteiger charge is -2.07. The zero-order valence-electron chi connectivity index (χ0n) is 11.5. The summed E-state index contributed by atoms with van der Waals surface area (Å²) in [5.41, 5.74) is 2.36. The Hall–Kier alpha value is -1.81. The summed E-state index contributed by atoms with van der Waals surface area (Å²) in [6.45, 7) is 1.41. The number of hydrogen-bond donors (Lipinski definition) is 1. The van der Waals surface area contributed by atoms with Crippen LogP contribution in [0.15, 0.2) is 41.6 Å². The third-order valence-electron chi connectivity index (χ3n) is 4.03. The lowest BCUT2D eigenvalue weighted by molar-refractivity contribution is 0.166. The lowest BCUT2D eigenvalue weighted by atomic mass is 10.1. The Morgan fingerprint density at radius 1 is 1.20 bits per heavy atom. The van der Waals surface area contributed by atoms with Gasteiger partial charge in [-0.05, 0) is 30.9 Å². The number of aryl methyl sites for hydroxylation is 3. The van der Waals surface area contributed by atoms with E-state index in [1.165, 1.54) is 5.56 Å². The molecule has 0 aliphatic heterocycles. The van der Waals surface area contributed by atoms with E-state index in [0.29, 0.717) is 6.54 Å². The van der Waals surface area contributed by atoms with Gasteiger partial charge in [0.25, 0.3) is 5.56 Å². The van der Waals surface area contributed by atoms with Gasteiger partial charge in [0.15, 0.2) is 0 Å². The largest absolute Gasteiger partial charge is 0.388 e. The van der Waals surface area contributed by atoms with E-state index in [1.807, 2.05) is 18.5 Å². The van der Waals surface area contributed by atoms with Gasteiger partial charge in [-0.3, -0.25) is 4.79 Å². The maximum absolute atomic E-state index is 11.6. The van der Waals surface area contributed by atoms with Crippen LogP contribution in [0.25, 0.3) is 0 Å². The Bertz CT molecular complexity index is 642. The van der Waals surface area contributed by atoms with Crippen LogP contribution in [0.4, 0.5) is 0 Å². The number of nitrogens with zero attached hydrogens (tertiary/aromatic N) is 2. The maximum Gasteiger partial charge on any atom is 0.250 e. The van der Waals surface area contributed by atoms with Crippen molar-refractivity contribution >= 4 is 0 Å². The fourth-order valence-electron chi connectivity index (χ4n) is 2.89. The van der Waals surface area contributed by atoms with Gasteiger partial charge in [0.1, 0.15) is 0 Å². The summed E-state index contributed by atoms with van der Waals surface area (Å²) in [4.78, 5) is 11.6. The van der Waals surface area contributed by atoms with Crippen LogP contribution < -0.4 is 5.56 Å². The van der Waals surface area contributed by atoms with Crippen LogP contribution in [0.2, 0.25) is 0 Å². The van der Waals surface area contributed by atoms with Gasteiger partial charge in [-0.1, -0.05) is 12.5 Å². The van der Waals surface area contributed by atoms with E-state index < -0.39 is 0 Å². The van der Waals surface area contributed by atoms with Gasteiger partial charge in [-0.2, -0.15) is 0 Å². The van der Waals surface area contributed by atoms with Crippen molar-refractivity contribution in [3.8, 4) is 0 Å². The molecule has 0 amide bonds. The molecule has 1 unspecified atom stereocenters. The minimum Gasteiger partial charge on any atom is -0.388 e. The molecule has 0 saturated heterocycles. The molecule has 4 heteroatoms. The van der Waals surface area contributed by atoms with Crippen molar-refractivity contribution < 1.29 is 5.11 Å². The highest BCUT2D eigenvalue weighted by atomic mass is 16.3. The molecule has 2 heterocycles. The Morgan fingerprint density at radius 2 is 2.10 bits per heavy atom. The molecule has 2 aromatic rings. The molecule has 0 spiro atoms. The molecule has 4 nitrogen and oxygen atoms in total. The molecule has 0 saturated carbocycles. The molecule has 1 aliphatic carbocycles. The van der Waals surface area contributed by atoms with Gasteiger partial charge in [-0.25, -0.2) is 0 Å². The quantitative estimate of drug-likeness (QED) is 0.870. The molecule has 20 heavy (non-hydrogen) atoms. The number of aliphatic hydroxyl groups is 1. The molecule has 1 aliphatic rings. The average Bonchev–Trinajstić information content (AvgIpc) is 2.78. The third-order valence-corrected chi connectivity index (χ3v) is 4.03. The summed E-state index contributed by atoms with van der Waals surface area (Å²) in [6.07, 6.45) is 9.79. The smallest absolute Gasteiger partial charge is 0.250 e. The van der Waals surface area contributed by atoms with Crippen LogP contribution in [0.1, 0.15) is 36.5 Å². The first-order chi connectivity index (χ1) is 9.74. The van der Waals surface area contributed by atoms with Crippen molar-refractivity contribution in [2.45, 2.75) is 44.9 Å². The number of aromatic nitrogens is 2. The predicted octanol–water partition coefficient (Wildman–Crippen LogP) is 2.11. The SMILES string of the molecule is O=c1ccccn1CCn1cc2c(c1)C(O)CCCC2. The number of aliphatic hydroxyl groups excluding tert-OH is 1. The number of rotatable bonds is 3. The minimum absolute atomic E-state index is 0.0289. The van der Waals surface area contributed by atoms with Gasteiger partial charge in [0.05, 0.1) is 6.10 Å². The van der Waals surface area contributed by atoms with Crippen molar-refractivity contribution in [2.24, 2.45) is 0 Å². The summed E-state index contributed by atoms with van der Waals surface area (Å²) < 4.78 is 3.81. The van der Waals surface area contributed by atoms with Gasteiger partial charge >= 0.3 is 0 Å². The standard InChI is InChI=1S/C16H20N2O2/c19-15-6-2-1-5-13-11-17(12-14(13)15)9-10-18-8-4-3-7-16(18)20/h3-4,7-8,11-12,15,19H,1-2,5-6,9-10H2. The van der Waals surface area contributed by atoms with E-state index in [-0.39, 0.29) is 11.7 Å². The lowest BCUT2D eigenvalue weighted by Crippen LogP contribution is -2.20. The van der Waals surface area contributed by atoms with E-state index in [1.54, 1.807) is 16.7 Å². The molecule has 0 bridgehead atoms. The van der Waals surface area contributed by atoms with Crippen LogP contribution in [0.5, 0.6) is 0 Å². The maximum atomic E-state index is 11.6. The van der Waals surface area contributed by atoms with Crippen molar-refractivity contribution in [1.29, 1.82) is 0 Å². The van der Waals surface area contributed by atoms with Crippen LogP contribution in [-0.2, 0) is 19.5 Å². The second-order valence-corrected chi connectivity index (χ2v) is 5.47. The molecule has 0 aromatic carbocycles. The zero-order valence-corrected chi connectivity index (χ0v) is 11.5. The molecule has 106 valence electrons. The van der Waals surface area contributed by atoms with Crippen LogP contribution in [0.3, 0.4) is 0 Å². The zero-order chi connectivity index (χ0) is 13.9. The first-order valence-corrected chi connectivity index (χ1v) is 7.26. The summed E-state index contributed by atoms with van der Waals surface area (Å²) >= 11 is 0. The summed E-state index contributed by atoms with van der Waals surface area (Å²) in [7, 11) is 0. The van der Waals surface area contributed by atoms with E-state index in [0.717, 1.165) is 37.8 Å². The average molecular weight is 272 g/mol. The van der Waals surface area contributed by atoms with Gasteiger partial charge in [0, 0.05) is 43.3 Å². The van der Waals surface area contributed by atoms with E-state index in [4.69, 9.17) is 0 Å². The topological polar surface area (TPSA) is 47.2 Å². The van der Waals surface area contributed by atoms with Crippen molar-refractivity contribution in [3.63, 3.8) is 0 Å². The van der Waals surface area contributed by atoms with Crippen LogP contribution in [0, 0.1) is 0 Å². The molecule has 3 rings (SSSR count). The van der Waals surface area contributed by atoms with E-state index in [2.05, 4.69) is 10.8 Å². The second-order valence-electron chi connectivity index (χ2n) is 5.47. The second kappa shape index (κ2) is 5.67. The molecule has 0 fully saturated rings. The van der Waals surface area contributed by atoms with Crippen LogP contribution >= 0.6 is 0 Å². The summed E-state index contributed by atoms with van der Waals surface area (Å²) in [6, 6.07) is 5.21. The number of pyridine rings is 1. The Morgan fingerprint density at radius 3 is 2.95 bits per heavy atom. The van der Waals surface area contributed by atoms with E-state index in [9.17, 15) is 9.90 Å². The normalized spacial score (nSPS) is 18.6. The highest BCUT2D eigenvalue weighted by molar-refractivity contribution is 5.27. The van der Waals surface area contributed by atoms with Crippen molar-refractivity contribution in [1.82, 2.24) is 9.13 Å². The predicted molar refractivity (Wildman–Crippen MR) is 77.6 cm³/mol. The highest BCUT2D eigenvalue weighted by Crippen LogP contribution is 2.29. The number of fused-ring (bicyclic) bond motifs is 1. The molecule has 1 N–H and O–H groups in total. The Balaban J connectivity index is 1.74. The molecule has 2 aromatic heterocycles. The molecular formula is C16H20N2O2. The van der Waals surface area contributed by atoms with Gasteiger partial charge < -0.3 is 14.2 Å². The van der Waals surface area contributed by atoms with Gasteiger partial charge in [-0.15, -0.1) is 0 Å². The fourth-order valence-corrected chi connectivity index (χ4v) is 2.89. The monoisotopic (exact) mass is 272 g/mol. The Kier molecular flexibility index (Phi) is 3.74. The first kappa shape index (κ1) is 13.2. The minimum atomic E-state index is -0.326. The Labute approximate surface area is 118 Å². The molecule has 1 atom stereocenters. The number of hydrogen-bond acceptors (Lipinski definition) is 2. The van der Waals surface area contributed by atoms with Gasteiger partial charge in [0.2, 0.25) is 0 Å². The van der Waals surface area contributed by atoms with Crippen LogP contribution in [-0.4, -0.2) is 14.2 Å². The van der Waals surface area contributed by atoms with Crippen molar-refractivity contribution in [2.75, 3.05) is 0 Å². The summed E-state index contributed by atoms with van der Waals surface area (Å²) in [5, 5.41) is 10.1. The molecule has 0 radical (unpaired) electrons.